The maximum atomic E-state index is 12.7. The van der Waals surface area contributed by atoms with Crippen molar-refractivity contribution in [1.82, 2.24) is 25.0 Å². The highest BCUT2D eigenvalue weighted by Crippen LogP contribution is 2.44. The first kappa shape index (κ1) is 20.8. The zero-order chi connectivity index (χ0) is 21.3. The van der Waals surface area contributed by atoms with Gasteiger partial charge in [-0.15, -0.1) is 33.7 Å². The largest absolute Gasteiger partial charge is 0.477 e. The smallest absolute Gasteiger partial charge is 0.353 e. The number of aliphatic carboxylic acids is 1. The van der Waals surface area contributed by atoms with Crippen molar-refractivity contribution in [2.24, 2.45) is 7.05 Å². The summed E-state index contributed by atoms with van der Waals surface area (Å²) in [5.74, 6) is -1.28. The van der Waals surface area contributed by atoms with Gasteiger partial charge in [0, 0.05) is 22.6 Å². The minimum Gasteiger partial charge on any atom is -0.477 e. The Labute approximate surface area is 184 Å². The van der Waals surface area contributed by atoms with Gasteiger partial charge in [-0.05, 0) is 12.1 Å². The van der Waals surface area contributed by atoms with E-state index in [-0.39, 0.29) is 17.4 Å². The van der Waals surface area contributed by atoms with Crippen molar-refractivity contribution in [1.29, 1.82) is 0 Å². The predicted octanol–water partition coefficient (Wildman–Crippen LogP) is 1.40. The molecule has 0 spiro atoms. The van der Waals surface area contributed by atoms with Gasteiger partial charge < -0.3 is 15.0 Å². The number of benzene rings is 1. The summed E-state index contributed by atoms with van der Waals surface area (Å²) < 4.78 is 1.68. The van der Waals surface area contributed by atoms with Crippen LogP contribution in [0.4, 0.5) is 0 Å². The van der Waals surface area contributed by atoms with Crippen molar-refractivity contribution in [3.8, 4) is 0 Å². The number of carbonyl (C=O) groups is 3. The lowest BCUT2D eigenvalue weighted by molar-refractivity contribution is -0.150. The Bertz CT molecular complexity index is 1030. The number of β-lactam (4-membered cyclic amide) rings is 1. The highest BCUT2D eigenvalue weighted by Gasteiger charge is 2.54. The molecule has 30 heavy (non-hydrogen) atoms. The van der Waals surface area contributed by atoms with E-state index in [1.165, 1.54) is 46.5 Å². The summed E-state index contributed by atoms with van der Waals surface area (Å²) in [6.45, 7) is 0. The summed E-state index contributed by atoms with van der Waals surface area (Å²) >= 11 is 3.98. The van der Waals surface area contributed by atoms with Gasteiger partial charge in [-0.25, -0.2) is 4.79 Å². The molecule has 0 bridgehead atoms. The molecule has 2 aromatic rings. The molecule has 1 aromatic carbocycles. The van der Waals surface area contributed by atoms with Gasteiger partial charge >= 0.3 is 5.97 Å². The molecule has 2 N–H and O–H groups in total. The van der Waals surface area contributed by atoms with Crippen LogP contribution >= 0.6 is 35.3 Å². The van der Waals surface area contributed by atoms with E-state index in [1.54, 1.807) is 11.6 Å². The third kappa shape index (κ3) is 4.07. The quantitative estimate of drug-likeness (QED) is 0.464. The van der Waals surface area contributed by atoms with E-state index in [0.29, 0.717) is 15.8 Å². The molecular weight excluding hydrogens is 446 g/mol. The summed E-state index contributed by atoms with van der Waals surface area (Å²) in [5.41, 5.74) is -0.0547. The lowest BCUT2D eigenvalue weighted by Gasteiger charge is -2.49. The average molecular weight is 464 g/mol. The molecule has 2 aliphatic rings. The van der Waals surface area contributed by atoms with Crippen LogP contribution in [0.5, 0.6) is 0 Å². The second kappa shape index (κ2) is 8.74. The predicted molar refractivity (Wildman–Crippen MR) is 114 cm³/mol. The third-order valence-electron chi connectivity index (χ3n) is 4.45. The normalized spacial score (nSPS) is 20.6. The zero-order valence-corrected chi connectivity index (χ0v) is 18.2. The third-order valence-corrected chi connectivity index (χ3v) is 8.06. The van der Waals surface area contributed by atoms with Crippen LogP contribution in [0.15, 0.2) is 57.3 Å². The molecule has 1 fully saturated rings. The molecule has 12 heteroatoms. The maximum absolute atomic E-state index is 12.7. The van der Waals surface area contributed by atoms with Crippen LogP contribution in [0.25, 0.3) is 0 Å². The lowest BCUT2D eigenvalue weighted by atomic mass is 10.1. The highest BCUT2D eigenvalue weighted by atomic mass is 32.2. The number of thioether (sulfide) groups is 3. The van der Waals surface area contributed by atoms with Crippen LogP contribution < -0.4 is 5.32 Å². The zero-order valence-electron chi connectivity index (χ0n) is 15.7. The van der Waals surface area contributed by atoms with Gasteiger partial charge in [0.1, 0.15) is 23.4 Å². The van der Waals surface area contributed by atoms with Gasteiger partial charge in [0.15, 0.2) is 5.16 Å². The number of nitrogens with zero attached hydrogens (tertiary/aromatic N) is 4. The Hall–Kier alpha value is -2.44. The van der Waals surface area contributed by atoms with Gasteiger partial charge in [0.25, 0.3) is 5.91 Å². The van der Waals surface area contributed by atoms with Crippen molar-refractivity contribution in [2.75, 3.05) is 11.5 Å². The fourth-order valence-electron chi connectivity index (χ4n) is 3.03. The molecule has 9 nitrogen and oxygen atoms in total. The van der Waals surface area contributed by atoms with E-state index < -0.39 is 23.3 Å². The monoisotopic (exact) mass is 463 g/mol. The van der Waals surface area contributed by atoms with Crippen LogP contribution in [0, 0.1) is 0 Å². The van der Waals surface area contributed by atoms with Crippen molar-refractivity contribution >= 4 is 53.1 Å². The van der Waals surface area contributed by atoms with Crippen LogP contribution in [-0.2, 0) is 21.4 Å². The topological polar surface area (TPSA) is 117 Å². The molecule has 0 radical (unpaired) electrons. The maximum Gasteiger partial charge on any atom is 0.353 e. The van der Waals surface area contributed by atoms with Crippen LogP contribution in [0.3, 0.4) is 0 Å². The number of carbonyl (C=O) groups excluding carboxylic acids is 2. The second-order valence-corrected chi connectivity index (χ2v) is 9.68. The Balaban J connectivity index is 1.43. The van der Waals surface area contributed by atoms with Crippen LogP contribution in [-0.4, -0.2) is 65.5 Å². The summed E-state index contributed by atoms with van der Waals surface area (Å²) in [4.78, 5) is 39.6. The Morgan fingerprint density at radius 1 is 1.33 bits per heavy atom. The molecule has 2 aliphatic heterocycles. The first-order valence-corrected chi connectivity index (χ1v) is 11.7. The van der Waals surface area contributed by atoms with E-state index in [4.69, 9.17) is 0 Å². The molecule has 3 heterocycles. The molecule has 2 amide bonds. The summed E-state index contributed by atoms with van der Waals surface area (Å²) in [6, 6.07) is 8.77. The highest BCUT2D eigenvalue weighted by molar-refractivity contribution is 8.06. The first-order valence-electron chi connectivity index (χ1n) is 8.86. The van der Waals surface area contributed by atoms with Crippen molar-refractivity contribution < 1.29 is 19.5 Å². The number of aromatic nitrogens is 3. The second-order valence-electron chi connectivity index (χ2n) is 6.46. The van der Waals surface area contributed by atoms with E-state index >= 15 is 0 Å². The average Bonchev–Trinajstić information content (AvgIpc) is 3.15. The van der Waals surface area contributed by atoms with Crippen molar-refractivity contribution in [3.63, 3.8) is 0 Å². The molecule has 4 rings (SSSR count). The number of hydrogen-bond donors (Lipinski definition) is 2. The standard InChI is InChI=1S/C18H17N5O4S3/c1-22-9-19-21-18(22)30-11-7-29-16-13(15(25)23(16)14(11)17(26)27)20-12(24)8-28-10-5-3-2-4-6-10/h2-6,9,13,16H,7-8H2,1H3,(H,20,24)(H,26,27)/t13-,16-/m1/s1. The lowest BCUT2D eigenvalue weighted by Crippen LogP contribution is -2.70. The number of amides is 2. The molecule has 0 saturated carbocycles. The molecule has 156 valence electrons. The Kier molecular flexibility index (Phi) is 6.06. The number of carboxylic acids is 1. The SMILES string of the molecule is Cn1cnnc1SC1=C(C(=O)O)N2C(=O)[C@@H](NC(=O)CSc3ccccc3)[C@H]2SC1. The number of carboxylic acid groups (broad SMARTS) is 1. The molecule has 0 unspecified atom stereocenters. The van der Waals surface area contributed by atoms with Gasteiger partial charge in [-0.3, -0.25) is 14.5 Å². The van der Waals surface area contributed by atoms with Crippen molar-refractivity contribution in [3.05, 3.63) is 47.3 Å². The minimum absolute atomic E-state index is 0.0547. The van der Waals surface area contributed by atoms with E-state index in [2.05, 4.69) is 15.5 Å². The Morgan fingerprint density at radius 3 is 2.77 bits per heavy atom. The molecule has 2 atom stereocenters. The summed E-state index contributed by atoms with van der Waals surface area (Å²) in [5, 5.41) is 20.3. The number of nitrogens with one attached hydrogen (secondary N) is 1. The number of fused-ring (bicyclic) bond motifs is 1. The van der Waals surface area contributed by atoms with Gasteiger partial charge in [0.05, 0.1) is 5.75 Å². The van der Waals surface area contributed by atoms with Crippen molar-refractivity contribution in [2.45, 2.75) is 21.5 Å². The number of aryl methyl sites for hydroxylation is 1. The first-order chi connectivity index (χ1) is 14.5. The molecule has 0 aliphatic carbocycles. The van der Waals surface area contributed by atoms with E-state index in [1.807, 2.05) is 30.3 Å². The minimum atomic E-state index is -1.18. The molecular formula is C18H17N5O4S3. The van der Waals surface area contributed by atoms with Crippen LogP contribution in [0.2, 0.25) is 0 Å². The van der Waals surface area contributed by atoms with Crippen LogP contribution in [0.1, 0.15) is 0 Å². The van der Waals surface area contributed by atoms with Gasteiger partial charge in [0.2, 0.25) is 5.91 Å². The molecule has 1 aromatic heterocycles. The molecule has 1 saturated heterocycles. The van der Waals surface area contributed by atoms with Gasteiger partial charge in [-0.2, -0.15) is 0 Å². The Morgan fingerprint density at radius 2 is 2.10 bits per heavy atom. The number of rotatable bonds is 7. The van der Waals surface area contributed by atoms with E-state index in [0.717, 1.165) is 4.90 Å². The fraction of sp³-hybridized carbons (Fsp3) is 0.278. The fourth-order valence-corrected chi connectivity index (χ4v) is 6.17. The number of hydrogen-bond acceptors (Lipinski definition) is 8. The summed E-state index contributed by atoms with van der Waals surface area (Å²) in [7, 11) is 1.76. The van der Waals surface area contributed by atoms with E-state index in [9.17, 15) is 19.5 Å². The summed E-state index contributed by atoms with van der Waals surface area (Å²) in [6.07, 6.45) is 1.52. The van der Waals surface area contributed by atoms with Gasteiger partial charge in [-0.1, -0.05) is 30.0 Å².